The Labute approximate surface area is 116 Å². The molecule has 0 bridgehead atoms. The molecule has 0 spiro atoms. The normalized spacial score (nSPS) is 10.3. The first-order valence-electron chi connectivity index (χ1n) is 6.40. The van der Waals surface area contributed by atoms with Crippen molar-refractivity contribution in [1.82, 2.24) is 15.5 Å². The summed E-state index contributed by atoms with van der Waals surface area (Å²) in [6, 6.07) is 7.58. The van der Waals surface area contributed by atoms with Gasteiger partial charge >= 0.3 is 0 Å². The van der Waals surface area contributed by atoms with E-state index >= 15 is 0 Å². The first-order chi connectivity index (χ1) is 9.69. The number of nitrogens with zero attached hydrogens (tertiary/aromatic N) is 1. The van der Waals surface area contributed by atoms with Crippen molar-refractivity contribution in [3.05, 3.63) is 47.5 Å². The third kappa shape index (κ3) is 3.81. The van der Waals surface area contributed by atoms with Gasteiger partial charge in [0.1, 0.15) is 23.9 Å². The fourth-order valence-corrected chi connectivity index (χ4v) is 1.64. The zero-order chi connectivity index (χ0) is 14.4. The van der Waals surface area contributed by atoms with Gasteiger partial charge in [-0.1, -0.05) is 13.0 Å². The number of halogens is 1. The Kier molecular flexibility index (Phi) is 4.70. The molecule has 1 amide bonds. The summed E-state index contributed by atoms with van der Waals surface area (Å²) >= 11 is 0. The number of nitrogens with one attached hydrogen (secondary N) is 2. The zero-order valence-corrected chi connectivity index (χ0v) is 11.1. The topological polar surface area (TPSA) is 67.0 Å². The predicted molar refractivity (Wildman–Crippen MR) is 72.2 cm³/mol. The molecule has 0 saturated heterocycles. The van der Waals surface area contributed by atoms with Crippen LogP contribution in [0.2, 0.25) is 0 Å². The fraction of sp³-hybridized carbons (Fsp3) is 0.286. The number of ether oxygens (including phenoxy) is 1. The van der Waals surface area contributed by atoms with Crippen LogP contribution in [-0.4, -0.2) is 29.3 Å². The largest absolute Gasteiger partial charge is 0.492 e. The monoisotopic (exact) mass is 277 g/mol. The van der Waals surface area contributed by atoms with E-state index < -0.39 is 0 Å². The first kappa shape index (κ1) is 14.0. The Bertz CT molecular complexity index is 583. The quantitative estimate of drug-likeness (QED) is 0.793. The highest BCUT2D eigenvalue weighted by molar-refractivity contribution is 5.92. The second kappa shape index (κ2) is 6.70. The lowest BCUT2D eigenvalue weighted by Crippen LogP contribution is -2.28. The molecule has 0 unspecified atom stereocenters. The summed E-state index contributed by atoms with van der Waals surface area (Å²) in [6.07, 6.45) is 0.795. The fourth-order valence-electron chi connectivity index (χ4n) is 1.64. The maximum absolute atomic E-state index is 12.9. The summed E-state index contributed by atoms with van der Waals surface area (Å²) < 4.78 is 18.2. The van der Waals surface area contributed by atoms with Gasteiger partial charge in [0.15, 0.2) is 0 Å². The molecule has 0 atom stereocenters. The number of carbonyl (C=O) groups is 1. The first-order valence-corrected chi connectivity index (χ1v) is 6.40. The predicted octanol–water partition coefficient (Wildman–Crippen LogP) is 1.92. The van der Waals surface area contributed by atoms with Gasteiger partial charge in [0.05, 0.1) is 6.54 Å². The Hall–Kier alpha value is -2.37. The minimum Gasteiger partial charge on any atom is -0.492 e. The second-order valence-electron chi connectivity index (χ2n) is 4.19. The lowest BCUT2D eigenvalue weighted by Gasteiger charge is -2.06. The molecule has 1 heterocycles. The van der Waals surface area contributed by atoms with Crippen LogP contribution in [0.25, 0.3) is 0 Å². The molecular formula is C14H16FN3O2. The molecule has 0 radical (unpaired) electrons. The molecule has 6 heteroatoms. The molecule has 2 rings (SSSR count). The number of aromatic nitrogens is 2. The maximum atomic E-state index is 12.9. The van der Waals surface area contributed by atoms with Crippen LogP contribution >= 0.6 is 0 Å². The van der Waals surface area contributed by atoms with Gasteiger partial charge in [-0.15, -0.1) is 0 Å². The van der Waals surface area contributed by atoms with Crippen LogP contribution in [0, 0.1) is 5.82 Å². The van der Waals surface area contributed by atoms with Crippen LogP contribution in [0.15, 0.2) is 30.3 Å². The van der Waals surface area contributed by atoms with Gasteiger partial charge in [-0.2, -0.15) is 5.10 Å². The molecule has 1 aromatic heterocycles. The summed E-state index contributed by atoms with van der Waals surface area (Å²) in [5, 5.41) is 9.36. The Balaban J connectivity index is 1.74. The van der Waals surface area contributed by atoms with Gasteiger partial charge in [-0.3, -0.25) is 9.89 Å². The van der Waals surface area contributed by atoms with Gasteiger partial charge in [-0.05, 0) is 24.6 Å². The van der Waals surface area contributed by atoms with Gasteiger partial charge in [0, 0.05) is 11.8 Å². The third-order valence-electron chi connectivity index (χ3n) is 2.70. The van der Waals surface area contributed by atoms with E-state index in [4.69, 9.17) is 4.74 Å². The molecule has 0 fully saturated rings. The van der Waals surface area contributed by atoms with E-state index in [0.29, 0.717) is 18.0 Å². The van der Waals surface area contributed by atoms with Crippen LogP contribution < -0.4 is 10.1 Å². The van der Waals surface area contributed by atoms with Crippen molar-refractivity contribution in [2.24, 2.45) is 0 Å². The van der Waals surface area contributed by atoms with Crippen LogP contribution in [0.3, 0.4) is 0 Å². The summed E-state index contributed by atoms with van der Waals surface area (Å²) in [4.78, 5) is 11.7. The molecule has 0 aliphatic rings. The van der Waals surface area contributed by atoms with E-state index in [1.807, 2.05) is 6.92 Å². The smallest absolute Gasteiger partial charge is 0.271 e. The van der Waals surface area contributed by atoms with Crippen molar-refractivity contribution in [2.75, 3.05) is 13.2 Å². The minimum absolute atomic E-state index is 0.260. The molecule has 2 aromatic rings. The highest BCUT2D eigenvalue weighted by Crippen LogP contribution is 2.11. The van der Waals surface area contributed by atoms with E-state index in [2.05, 4.69) is 15.5 Å². The van der Waals surface area contributed by atoms with Crippen LogP contribution in [0.1, 0.15) is 23.1 Å². The van der Waals surface area contributed by atoms with E-state index in [0.717, 1.165) is 12.1 Å². The molecule has 0 aliphatic heterocycles. The van der Waals surface area contributed by atoms with E-state index in [1.165, 1.54) is 12.1 Å². The van der Waals surface area contributed by atoms with Crippen LogP contribution in [0.4, 0.5) is 4.39 Å². The molecular weight excluding hydrogens is 261 g/mol. The average Bonchev–Trinajstić information content (AvgIpc) is 2.92. The van der Waals surface area contributed by atoms with Gasteiger partial charge in [-0.25, -0.2) is 4.39 Å². The summed E-state index contributed by atoms with van der Waals surface area (Å²) in [5.74, 6) is -0.175. The lowest BCUT2D eigenvalue weighted by molar-refractivity contribution is 0.0942. The van der Waals surface area contributed by atoms with E-state index in [1.54, 1.807) is 18.2 Å². The number of hydrogen-bond acceptors (Lipinski definition) is 3. The minimum atomic E-state index is -0.352. The number of hydrogen-bond donors (Lipinski definition) is 2. The Morgan fingerprint density at radius 2 is 2.30 bits per heavy atom. The van der Waals surface area contributed by atoms with E-state index in [9.17, 15) is 9.18 Å². The van der Waals surface area contributed by atoms with Gasteiger partial charge in [0.25, 0.3) is 5.91 Å². The molecule has 20 heavy (non-hydrogen) atoms. The van der Waals surface area contributed by atoms with Crippen LogP contribution in [0.5, 0.6) is 5.75 Å². The number of H-pyrrole nitrogens is 1. The summed E-state index contributed by atoms with van der Waals surface area (Å²) in [5.41, 5.74) is 1.26. The van der Waals surface area contributed by atoms with Crippen molar-refractivity contribution in [3.8, 4) is 5.75 Å². The van der Waals surface area contributed by atoms with E-state index in [-0.39, 0.29) is 18.3 Å². The summed E-state index contributed by atoms with van der Waals surface area (Å²) in [7, 11) is 0. The number of benzene rings is 1. The lowest BCUT2D eigenvalue weighted by atomic mass is 10.3. The van der Waals surface area contributed by atoms with Gasteiger partial charge in [0.2, 0.25) is 0 Å². The highest BCUT2D eigenvalue weighted by atomic mass is 19.1. The number of amides is 1. The maximum Gasteiger partial charge on any atom is 0.271 e. The van der Waals surface area contributed by atoms with Crippen molar-refractivity contribution in [3.63, 3.8) is 0 Å². The molecule has 5 nitrogen and oxygen atoms in total. The molecule has 0 saturated carbocycles. The van der Waals surface area contributed by atoms with Crippen molar-refractivity contribution < 1.29 is 13.9 Å². The van der Waals surface area contributed by atoms with Gasteiger partial charge < -0.3 is 10.1 Å². The molecule has 2 N–H and O–H groups in total. The second-order valence-corrected chi connectivity index (χ2v) is 4.19. The molecule has 1 aromatic carbocycles. The number of aryl methyl sites for hydroxylation is 1. The van der Waals surface area contributed by atoms with Crippen LogP contribution in [-0.2, 0) is 6.42 Å². The number of aromatic amines is 1. The molecule has 0 aliphatic carbocycles. The molecule has 106 valence electrons. The SMILES string of the molecule is CCc1cc(C(=O)NCCOc2cccc(F)c2)n[nH]1. The van der Waals surface area contributed by atoms with Crippen molar-refractivity contribution in [2.45, 2.75) is 13.3 Å². The van der Waals surface area contributed by atoms with Crippen molar-refractivity contribution >= 4 is 5.91 Å². The highest BCUT2D eigenvalue weighted by Gasteiger charge is 2.08. The van der Waals surface area contributed by atoms with Crippen molar-refractivity contribution in [1.29, 1.82) is 0 Å². The Morgan fingerprint density at radius 1 is 1.45 bits per heavy atom. The standard InChI is InChI=1S/C14H16FN3O2/c1-2-11-9-13(18-17-11)14(19)16-6-7-20-12-5-3-4-10(15)8-12/h3-5,8-9H,2,6-7H2,1H3,(H,16,19)(H,17,18). The Morgan fingerprint density at radius 3 is 3.00 bits per heavy atom. The average molecular weight is 277 g/mol. The number of rotatable bonds is 6. The zero-order valence-electron chi connectivity index (χ0n) is 11.1. The third-order valence-corrected chi connectivity index (χ3v) is 2.70. The summed E-state index contributed by atoms with van der Waals surface area (Å²) in [6.45, 7) is 2.56. The number of carbonyl (C=O) groups excluding carboxylic acids is 1.